The third-order valence-electron chi connectivity index (χ3n) is 4.82. The summed E-state index contributed by atoms with van der Waals surface area (Å²) < 4.78 is 0. The van der Waals surface area contributed by atoms with E-state index < -0.39 is 5.60 Å². The second-order valence-electron chi connectivity index (χ2n) is 6.31. The molecule has 2 nitrogen and oxygen atoms in total. The van der Waals surface area contributed by atoms with E-state index in [0.717, 1.165) is 24.7 Å². The summed E-state index contributed by atoms with van der Waals surface area (Å²) in [5.74, 6) is 1.69. The number of nitrogens with two attached hydrogens (primary N) is 1. The lowest BCUT2D eigenvalue weighted by molar-refractivity contribution is -0.105. The smallest absolute Gasteiger partial charge is 0.0713 e. The highest BCUT2D eigenvalue weighted by atomic mass is 16.3. The van der Waals surface area contributed by atoms with Gasteiger partial charge in [0.15, 0.2) is 0 Å². The summed E-state index contributed by atoms with van der Waals surface area (Å²) in [6.45, 7) is 4.81. The maximum Gasteiger partial charge on any atom is 0.0713 e. The van der Waals surface area contributed by atoms with Crippen molar-refractivity contribution in [2.45, 2.75) is 58.0 Å². The first-order chi connectivity index (χ1) is 6.98. The van der Waals surface area contributed by atoms with Gasteiger partial charge in [0.05, 0.1) is 5.60 Å². The highest BCUT2D eigenvalue weighted by Crippen LogP contribution is 2.50. The maximum absolute atomic E-state index is 10.8. The van der Waals surface area contributed by atoms with Crippen LogP contribution in [-0.4, -0.2) is 17.3 Å². The van der Waals surface area contributed by atoms with Gasteiger partial charge in [0, 0.05) is 12.0 Å². The summed E-state index contributed by atoms with van der Waals surface area (Å²) in [4.78, 5) is 0. The van der Waals surface area contributed by atoms with E-state index in [1.54, 1.807) is 0 Å². The first-order valence-electron chi connectivity index (χ1n) is 6.41. The third kappa shape index (κ3) is 2.07. The van der Waals surface area contributed by atoms with Crippen LogP contribution in [0.25, 0.3) is 0 Å². The minimum Gasteiger partial charge on any atom is -0.389 e. The van der Waals surface area contributed by atoms with E-state index in [2.05, 4.69) is 13.8 Å². The minimum absolute atomic E-state index is 0.124. The average Bonchev–Trinajstić information content (AvgIpc) is 3.01. The normalized spacial score (nSPS) is 38.0. The van der Waals surface area contributed by atoms with Crippen LogP contribution in [0.4, 0.5) is 0 Å². The van der Waals surface area contributed by atoms with Crippen LogP contribution < -0.4 is 5.73 Å². The molecule has 0 aromatic carbocycles. The largest absolute Gasteiger partial charge is 0.389 e. The summed E-state index contributed by atoms with van der Waals surface area (Å²) in [5, 5.41) is 10.8. The zero-order chi connectivity index (χ0) is 11.1. The summed E-state index contributed by atoms with van der Waals surface area (Å²) in [6, 6.07) is 0. The molecule has 0 saturated heterocycles. The monoisotopic (exact) mass is 211 g/mol. The molecule has 3 N–H and O–H groups in total. The van der Waals surface area contributed by atoms with Gasteiger partial charge in [-0.3, -0.25) is 0 Å². The molecule has 2 unspecified atom stereocenters. The molecule has 0 amide bonds. The van der Waals surface area contributed by atoms with Crippen molar-refractivity contribution in [1.82, 2.24) is 0 Å². The number of rotatable bonds is 3. The van der Waals surface area contributed by atoms with E-state index in [1.807, 2.05) is 0 Å². The molecule has 2 heteroatoms. The van der Waals surface area contributed by atoms with Gasteiger partial charge in [0.2, 0.25) is 0 Å². The minimum atomic E-state index is -0.507. The molecule has 2 aliphatic carbocycles. The van der Waals surface area contributed by atoms with E-state index >= 15 is 0 Å². The number of hydrogen-bond acceptors (Lipinski definition) is 2. The lowest BCUT2D eigenvalue weighted by atomic mass is 9.63. The van der Waals surface area contributed by atoms with E-state index in [4.69, 9.17) is 5.73 Å². The maximum atomic E-state index is 10.8. The first-order valence-corrected chi connectivity index (χ1v) is 6.41. The van der Waals surface area contributed by atoms with Crippen LogP contribution in [0.15, 0.2) is 0 Å². The van der Waals surface area contributed by atoms with E-state index in [1.165, 1.54) is 25.7 Å². The quantitative estimate of drug-likeness (QED) is 0.752. The van der Waals surface area contributed by atoms with Crippen molar-refractivity contribution in [3.05, 3.63) is 0 Å². The van der Waals surface area contributed by atoms with Crippen molar-refractivity contribution < 1.29 is 5.11 Å². The van der Waals surface area contributed by atoms with Crippen molar-refractivity contribution in [1.29, 1.82) is 0 Å². The Morgan fingerprint density at radius 1 is 1.27 bits per heavy atom. The third-order valence-corrected chi connectivity index (χ3v) is 4.82. The van der Waals surface area contributed by atoms with Crippen LogP contribution in [0.5, 0.6) is 0 Å². The van der Waals surface area contributed by atoms with Crippen LogP contribution in [0.1, 0.15) is 52.4 Å². The van der Waals surface area contributed by atoms with Gasteiger partial charge in [-0.05, 0) is 43.9 Å². The van der Waals surface area contributed by atoms with Crippen molar-refractivity contribution in [3.8, 4) is 0 Å². The summed E-state index contributed by atoms with van der Waals surface area (Å²) in [5.41, 5.74) is 5.17. The number of hydrogen-bond donors (Lipinski definition) is 2. The Hall–Kier alpha value is -0.0800. The molecule has 15 heavy (non-hydrogen) atoms. The van der Waals surface area contributed by atoms with Crippen LogP contribution in [0.2, 0.25) is 0 Å². The predicted molar refractivity (Wildman–Crippen MR) is 62.5 cm³/mol. The van der Waals surface area contributed by atoms with Gasteiger partial charge < -0.3 is 10.8 Å². The molecular formula is C13H25NO. The molecule has 0 heterocycles. The Bertz CT molecular complexity index is 235. The van der Waals surface area contributed by atoms with Crippen LogP contribution in [0, 0.1) is 17.3 Å². The summed E-state index contributed by atoms with van der Waals surface area (Å²) in [6.07, 6.45) is 7.23. The van der Waals surface area contributed by atoms with E-state index in [9.17, 15) is 5.11 Å². The van der Waals surface area contributed by atoms with Gasteiger partial charge in [-0.25, -0.2) is 0 Å². The molecule has 0 spiro atoms. The zero-order valence-electron chi connectivity index (χ0n) is 10.1. The van der Waals surface area contributed by atoms with Crippen LogP contribution in [-0.2, 0) is 0 Å². The topological polar surface area (TPSA) is 46.2 Å². The van der Waals surface area contributed by atoms with Crippen molar-refractivity contribution in [2.24, 2.45) is 23.0 Å². The summed E-state index contributed by atoms with van der Waals surface area (Å²) in [7, 11) is 0. The van der Waals surface area contributed by atoms with Crippen LogP contribution >= 0.6 is 0 Å². The van der Waals surface area contributed by atoms with E-state index in [0.29, 0.717) is 6.54 Å². The van der Waals surface area contributed by atoms with Gasteiger partial charge in [-0.2, -0.15) is 0 Å². The molecule has 0 radical (unpaired) electrons. The Labute approximate surface area is 93.2 Å². The van der Waals surface area contributed by atoms with Gasteiger partial charge in [-0.1, -0.05) is 20.3 Å². The Kier molecular flexibility index (Phi) is 2.85. The summed E-state index contributed by atoms with van der Waals surface area (Å²) >= 11 is 0. The van der Waals surface area contributed by atoms with Gasteiger partial charge in [-0.15, -0.1) is 0 Å². The Balaban J connectivity index is 2.06. The predicted octanol–water partition coefficient (Wildman–Crippen LogP) is 2.30. The SMILES string of the molecule is CC(C)(CN)C1(O)CCCC(C2CC2)C1. The molecular weight excluding hydrogens is 186 g/mol. The highest BCUT2D eigenvalue weighted by Gasteiger charge is 2.48. The molecule has 2 atom stereocenters. The Morgan fingerprint density at radius 2 is 1.93 bits per heavy atom. The van der Waals surface area contributed by atoms with Crippen molar-refractivity contribution in [2.75, 3.05) is 6.54 Å². The molecule has 0 bridgehead atoms. The lowest BCUT2D eigenvalue weighted by Gasteiger charge is -2.47. The van der Waals surface area contributed by atoms with Gasteiger partial charge in [0.1, 0.15) is 0 Å². The van der Waals surface area contributed by atoms with Crippen molar-refractivity contribution in [3.63, 3.8) is 0 Å². The average molecular weight is 211 g/mol. The standard InChI is InChI=1S/C13H25NO/c1-12(2,9-14)13(15)7-3-4-11(8-13)10-5-6-10/h10-11,15H,3-9,14H2,1-2H3. The first kappa shape index (κ1) is 11.4. The van der Waals surface area contributed by atoms with E-state index in [-0.39, 0.29) is 5.41 Å². The molecule has 2 aliphatic rings. The fourth-order valence-electron chi connectivity index (χ4n) is 3.07. The van der Waals surface area contributed by atoms with Crippen LogP contribution in [0.3, 0.4) is 0 Å². The zero-order valence-corrected chi connectivity index (χ0v) is 10.1. The molecule has 88 valence electrons. The second-order valence-corrected chi connectivity index (χ2v) is 6.31. The fraction of sp³-hybridized carbons (Fsp3) is 1.00. The Morgan fingerprint density at radius 3 is 2.47 bits per heavy atom. The molecule has 0 aromatic heterocycles. The fourth-order valence-corrected chi connectivity index (χ4v) is 3.07. The van der Waals surface area contributed by atoms with Crippen molar-refractivity contribution >= 4 is 0 Å². The van der Waals surface area contributed by atoms with Gasteiger partial charge >= 0.3 is 0 Å². The molecule has 2 fully saturated rings. The highest BCUT2D eigenvalue weighted by molar-refractivity contribution is 5.00. The van der Waals surface area contributed by atoms with Gasteiger partial charge in [0.25, 0.3) is 0 Å². The number of aliphatic hydroxyl groups is 1. The molecule has 0 aromatic rings. The molecule has 0 aliphatic heterocycles. The second kappa shape index (κ2) is 3.74. The molecule has 2 rings (SSSR count). The molecule has 2 saturated carbocycles. The lowest BCUT2D eigenvalue weighted by Crippen LogP contribution is -2.51.